The van der Waals surface area contributed by atoms with E-state index < -0.39 is 0 Å². The first-order chi connectivity index (χ1) is 0. The van der Waals surface area contributed by atoms with Crippen LogP contribution in [0.5, 0.6) is 0 Å². The summed E-state index contributed by atoms with van der Waals surface area (Å²) in [7, 11) is 0. The summed E-state index contributed by atoms with van der Waals surface area (Å²) in [4.78, 5) is 0. The zero-order valence-electron chi connectivity index (χ0n) is 2.16. The van der Waals surface area contributed by atoms with Crippen molar-refractivity contribution >= 4 is 0 Å². The molecule has 0 saturated carbocycles. The second kappa shape index (κ2) is 38.5. The maximum Gasteiger partial charge on any atom is 0 e. The molecule has 0 aliphatic heterocycles. The van der Waals surface area contributed by atoms with Gasteiger partial charge in [-0.15, -0.1) is 0 Å². The third kappa shape index (κ3) is 25.6. The second-order valence-electron chi connectivity index (χ2n) is 0. The van der Waals surface area contributed by atoms with Crippen LogP contribution in [0, 0.1) is 0 Å². The van der Waals surface area contributed by atoms with Gasteiger partial charge in [0, 0.05) is 115 Å². The van der Waals surface area contributed by atoms with Gasteiger partial charge >= 0.3 is 0 Å². The monoisotopic (exact) mass is 379 g/mol. The van der Waals surface area contributed by atoms with Crippen molar-refractivity contribution in [3.8, 4) is 0 Å². The van der Waals surface area contributed by atoms with Crippen LogP contribution in [-0.2, 0) is 115 Å². The van der Waals surface area contributed by atoms with E-state index in [4.69, 9.17) is 0 Å². The second-order valence-corrected chi connectivity index (χ2v) is 0. The van der Waals surface area contributed by atoms with E-state index in [1.165, 1.54) is 0 Å². The number of hydrogen-bond acceptors (Lipinski definition) is 0. The van der Waals surface area contributed by atoms with Crippen molar-refractivity contribution in [1.29, 1.82) is 0 Å². The summed E-state index contributed by atoms with van der Waals surface area (Å²) in [5.74, 6) is 0. The minimum absolute atomic E-state index is 0. The molecule has 0 saturated heterocycles. The van der Waals surface area contributed by atoms with Gasteiger partial charge < -0.3 is 0 Å². The molecule has 0 fully saturated rings. The van der Waals surface area contributed by atoms with Crippen LogP contribution in [-0.4, -0.2) is 0 Å². The third-order valence-electron chi connectivity index (χ3n) is 0. The molecule has 0 amide bonds. The summed E-state index contributed by atoms with van der Waals surface area (Å²) < 4.78 is 0. The molecule has 0 atom stereocenters. The fraction of sp³-hybridized carbons (Fsp3) is 0. The SMILES string of the molecule is [Ni].[Ni].[Ni].[Ni].[Ni].[Y]. The molecule has 6 heteroatoms. The van der Waals surface area contributed by atoms with Crippen LogP contribution in [0.25, 0.3) is 0 Å². The van der Waals surface area contributed by atoms with Crippen LogP contribution in [0.1, 0.15) is 0 Å². The van der Waals surface area contributed by atoms with Crippen LogP contribution in [0.15, 0.2) is 0 Å². The Morgan fingerprint density at radius 2 is 0.333 bits per heavy atom. The minimum Gasteiger partial charge on any atom is 0 e. The molecule has 0 aromatic rings. The topological polar surface area (TPSA) is 0 Å². The average molecular weight is 382 g/mol. The van der Waals surface area contributed by atoms with Gasteiger partial charge in [0.05, 0.1) is 0 Å². The van der Waals surface area contributed by atoms with Crippen LogP contribution in [0.4, 0.5) is 0 Å². The molecule has 0 aromatic heterocycles. The van der Waals surface area contributed by atoms with E-state index in [2.05, 4.69) is 0 Å². The fourth-order valence-electron chi connectivity index (χ4n) is 0. The predicted molar refractivity (Wildman–Crippen MR) is 0 cm³/mol. The molecule has 0 heterocycles. The van der Waals surface area contributed by atoms with Gasteiger partial charge in [-0.1, -0.05) is 0 Å². The number of rotatable bonds is 0. The first-order valence-electron chi connectivity index (χ1n) is 0. The fourth-order valence-corrected chi connectivity index (χ4v) is 0. The number of hydrogen-bond donors (Lipinski definition) is 0. The average Bonchev–Trinajstić information content (AvgIpc) is 0. The summed E-state index contributed by atoms with van der Waals surface area (Å²) in [5, 5.41) is 0. The van der Waals surface area contributed by atoms with E-state index in [1.54, 1.807) is 0 Å². The van der Waals surface area contributed by atoms with Gasteiger partial charge in [-0.3, -0.25) is 0 Å². The van der Waals surface area contributed by atoms with Gasteiger partial charge in [0.1, 0.15) is 0 Å². The molecule has 0 N–H and O–H groups in total. The van der Waals surface area contributed by atoms with E-state index in [0.717, 1.165) is 0 Å². The van der Waals surface area contributed by atoms with Crippen LogP contribution < -0.4 is 0 Å². The molecule has 0 unspecified atom stereocenters. The molecule has 0 aliphatic rings. The van der Waals surface area contributed by atoms with E-state index in [1.807, 2.05) is 0 Å². The van der Waals surface area contributed by atoms with Crippen LogP contribution in [0.3, 0.4) is 0 Å². The molecule has 0 aliphatic carbocycles. The zero-order chi connectivity index (χ0) is 0. The first-order valence-corrected chi connectivity index (χ1v) is 0. The van der Waals surface area contributed by atoms with Crippen molar-refractivity contribution in [2.75, 3.05) is 0 Å². The molecule has 0 aromatic carbocycles. The summed E-state index contributed by atoms with van der Waals surface area (Å²) in [6.45, 7) is 0. The Morgan fingerprint density at radius 1 is 0.333 bits per heavy atom. The van der Waals surface area contributed by atoms with E-state index >= 15 is 0 Å². The third-order valence-corrected chi connectivity index (χ3v) is 0. The van der Waals surface area contributed by atoms with E-state index in [0.29, 0.717) is 0 Å². The molecular formula is Ni5Y. The first kappa shape index (κ1) is 55.1. The van der Waals surface area contributed by atoms with Crippen molar-refractivity contribution in [2.45, 2.75) is 0 Å². The zero-order valence-corrected chi connectivity index (χ0v) is 9.93. The van der Waals surface area contributed by atoms with E-state index in [-0.39, 0.29) is 115 Å². The van der Waals surface area contributed by atoms with Crippen molar-refractivity contribution in [3.05, 3.63) is 0 Å². The smallest absolute Gasteiger partial charge is 0 e. The maximum atomic E-state index is 0. The molecule has 1 radical (unpaired) electrons. The summed E-state index contributed by atoms with van der Waals surface area (Å²) in [6, 6.07) is 0. The van der Waals surface area contributed by atoms with Crippen LogP contribution >= 0.6 is 0 Å². The Labute approximate surface area is 113 Å². The molecular weight excluding hydrogens is 382 g/mol. The molecule has 0 rings (SSSR count). The van der Waals surface area contributed by atoms with Crippen molar-refractivity contribution in [1.82, 2.24) is 0 Å². The Hall–Kier alpha value is 3.57. The quantitative estimate of drug-likeness (QED) is 0.517. The van der Waals surface area contributed by atoms with Crippen molar-refractivity contribution < 1.29 is 115 Å². The standard InChI is InChI=1S/5Ni.Y. The van der Waals surface area contributed by atoms with Gasteiger partial charge in [-0.25, -0.2) is 0 Å². The summed E-state index contributed by atoms with van der Waals surface area (Å²) in [6.07, 6.45) is 0. The Balaban J connectivity index is 0. The Morgan fingerprint density at radius 3 is 0.333 bits per heavy atom. The van der Waals surface area contributed by atoms with Gasteiger partial charge in [0.15, 0.2) is 0 Å². The predicted octanol–water partition coefficient (Wildman–Crippen LogP) is -0.0150. The minimum atomic E-state index is 0. The van der Waals surface area contributed by atoms with E-state index in [9.17, 15) is 0 Å². The van der Waals surface area contributed by atoms with Gasteiger partial charge in [-0.2, -0.15) is 0 Å². The van der Waals surface area contributed by atoms with Gasteiger partial charge in [0.25, 0.3) is 0 Å². The van der Waals surface area contributed by atoms with Crippen LogP contribution in [0.2, 0.25) is 0 Å². The summed E-state index contributed by atoms with van der Waals surface area (Å²) in [5.41, 5.74) is 0. The Kier molecular flexibility index (Phi) is 354. The maximum absolute atomic E-state index is 0. The van der Waals surface area contributed by atoms with Crippen molar-refractivity contribution in [2.24, 2.45) is 0 Å². The van der Waals surface area contributed by atoms with Gasteiger partial charge in [-0.05, 0) is 0 Å². The van der Waals surface area contributed by atoms with Crippen molar-refractivity contribution in [3.63, 3.8) is 0 Å². The Bertz CT molecular complexity index is 3.90. The molecule has 0 nitrogen and oxygen atoms in total. The molecule has 0 bridgehead atoms. The molecule has 53 valence electrons. The largest absolute Gasteiger partial charge is 0 e. The van der Waals surface area contributed by atoms with Gasteiger partial charge in [0.2, 0.25) is 0 Å². The summed E-state index contributed by atoms with van der Waals surface area (Å²) >= 11 is 0. The normalized spacial score (nSPS) is 0. The molecule has 6 heavy (non-hydrogen) atoms. The molecule has 0 spiro atoms.